The molecule has 0 spiro atoms. The maximum Gasteiger partial charge on any atom is 0.387 e. The molecular weight excluding hydrogens is 278 g/mol. The van der Waals surface area contributed by atoms with Crippen molar-refractivity contribution in [3.05, 3.63) is 29.8 Å². The molecule has 1 N–H and O–H groups in total. The molecule has 0 bridgehead atoms. The number of nitrogens with zero attached hydrogens (tertiary/aromatic N) is 1. The summed E-state index contributed by atoms with van der Waals surface area (Å²) in [6.45, 7) is -0.323. The fraction of sp³-hybridized carbons (Fsp3) is 0.533. The highest BCUT2D eigenvalue weighted by atomic mass is 19.3. The van der Waals surface area contributed by atoms with Crippen LogP contribution >= 0.6 is 0 Å². The van der Waals surface area contributed by atoms with Crippen molar-refractivity contribution in [2.24, 2.45) is 5.92 Å². The van der Waals surface area contributed by atoms with E-state index in [-0.39, 0.29) is 23.9 Å². The van der Waals surface area contributed by atoms with Crippen molar-refractivity contribution >= 4 is 5.91 Å². The number of amides is 1. The third-order valence-corrected chi connectivity index (χ3v) is 4.18. The Labute approximate surface area is 122 Å². The Bertz CT molecular complexity index is 515. The highest BCUT2D eigenvalue weighted by molar-refractivity contribution is 5.81. The zero-order chi connectivity index (χ0) is 15.0. The van der Waals surface area contributed by atoms with E-state index in [1.807, 2.05) is 4.90 Å². The minimum atomic E-state index is -2.82. The Hall–Kier alpha value is -1.69. The summed E-state index contributed by atoms with van der Waals surface area (Å²) in [5.74, 6) is 0.887. The molecule has 1 aliphatic carbocycles. The first-order chi connectivity index (χ1) is 10.0. The number of halogens is 2. The molecule has 3 rings (SSSR count). The second-order valence-electron chi connectivity index (χ2n) is 5.76. The normalized spacial score (nSPS) is 28.9. The molecule has 1 unspecified atom stereocenters. The van der Waals surface area contributed by atoms with Gasteiger partial charge in [0.15, 0.2) is 0 Å². The van der Waals surface area contributed by atoms with E-state index in [2.05, 4.69) is 17.0 Å². The fourth-order valence-corrected chi connectivity index (χ4v) is 3.13. The minimum Gasteiger partial charge on any atom is -0.435 e. The van der Waals surface area contributed by atoms with Gasteiger partial charge in [0.05, 0.1) is 6.54 Å². The molecule has 1 saturated heterocycles. The van der Waals surface area contributed by atoms with Crippen LogP contribution in [0.1, 0.15) is 31.5 Å². The van der Waals surface area contributed by atoms with Gasteiger partial charge in [0, 0.05) is 6.04 Å². The van der Waals surface area contributed by atoms with Crippen molar-refractivity contribution in [3.8, 4) is 5.75 Å². The third kappa shape index (κ3) is 2.85. The maximum absolute atomic E-state index is 12.1. The van der Waals surface area contributed by atoms with Gasteiger partial charge in [-0.05, 0) is 36.5 Å². The van der Waals surface area contributed by atoms with E-state index in [1.165, 1.54) is 12.1 Å². The SMILES string of the molecule is CC1CC(N2C(=O)CNC2c2ccc(OC(F)F)cc2)C1. The van der Waals surface area contributed by atoms with Crippen LogP contribution in [-0.2, 0) is 4.79 Å². The van der Waals surface area contributed by atoms with Gasteiger partial charge in [0.25, 0.3) is 0 Å². The number of ether oxygens (including phenoxy) is 1. The molecule has 2 fully saturated rings. The van der Waals surface area contributed by atoms with Crippen LogP contribution < -0.4 is 10.1 Å². The Balaban J connectivity index is 1.74. The number of carbonyl (C=O) groups is 1. The molecule has 114 valence electrons. The molecule has 0 radical (unpaired) electrons. The van der Waals surface area contributed by atoms with Gasteiger partial charge < -0.3 is 9.64 Å². The van der Waals surface area contributed by atoms with Crippen molar-refractivity contribution in [1.29, 1.82) is 0 Å². The van der Waals surface area contributed by atoms with E-state index in [9.17, 15) is 13.6 Å². The lowest BCUT2D eigenvalue weighted by atomic mass is 9.80. The second-order valence-corrected chi connectivity index (χ2v) is 5.76. The predicted molar refractivity (Wildman–Crippen MR) is 72.8 cm³/mol. The van der Waals surface area contributed by atoms with E-state index in [0.29, 0.717) is 12.5 Å². The number of hydrogen-bond acceptors (Lipinski definition) is 3. The molecule has 1 saturated carbocycles. The molecule has 1 atom stereocenters. The van der Waals surface area contributed by atoms with Crippen LogP contribution in [0.2, 0.25) is 0 Å². The summed E-state index contributed by atoms with van der Waals surface area (Å²) in [5, 5.41) is 3.18. The zero-order valence-electron chi connectivity index (χ0n) is 11.8. The number of benzene rings is 1. The van der Waals surface area contributed by atoms with Crippen molar-refractivity contribution in [2.75, 3.05) is 6.54 Å². The molecule has 1 aromatic carbocycles. The van der Waals surface area contributed by atoms with E-state index in [0.717, 1.165) is 18.4 Å². The number of alkyl halides is 2. The van der Waals surface area contributed by atoms with E-state index in [4.69, 9.17) is 0 Å². The summed E-state index contributed by atoms with van der Waals surface area (Å²) in [4.78, 5) is 13.9. The lowest BCUT2D eigenvalue weighted by molar-refractivity contribution is -0.133. The first-order valence-corrected chi connectivity index (χ1v) is 7.14. The summed E-state index contributed by atoms with van der Waals surface area (Å²) in [7, 11) is 0. The van der Waals surface area contributed by atoms with Crippen LogP contribution in [0, 0.1) is 5.92 Å². The molecule has 1 heterocycles. The summed E-state index contributed by atoms with van der Waals surface area (Å²) in [6, 6.07) is 6.75. The van der Waals surface area contributed by atoms with Gasteiger partial charge in [-0.15, -0.1) is 0 Å². The Morgan fingerprint density at radius 2 is 1.95 bits per heavy atom. The lowest BCUT2D eigenvalue weighted by Gasteiger charge is -2.42. The second kappa shape index (κ2) is 5.60. The number of nitrogens with one attached hydrogen (secondary N) is 1. The molecule has 0 aromatic heterocycles. The topological polar surface area (TPSA) is 41.6 Å². The van der Waals surface area contributed by atoms with Crippen LogP contribution in [0.4, 0.5) is 8.78 Å². The average molecular weight is 296 g/mol. The van der Waals surface area contributed by atoms with Crippen LogP contribution in [0.15, 0.2) is 24.3 Å². The standard InChI is InChI=1S/C15H18F2N2O2/c1-9-6-11(7-9)19-13(20)8-18-14(19)10-2-4-12(5-3-10)21-15(16)17/h2-5,9,11,14-15,18H,6-8H2,1H3. The Morgan fingerprint density at radius 1 is 1.29 bits per heavy atom. The number of carbonyl (C=O) groups excluding carboxylic acids is 1. The van der Waals surface area contributed by atoms with E-state index < -0.39 is 6.61 Å². The van der Waals surface area contributed by atoms with Gasteiger partial charge in [0.1, 0.15) is 11.9 Å². The Kier molecular flexibility index (Phi) is 3.80. The molecule has 1 amide bonds. The van der Waals surface area contributed by atoms with Crippen LogP contribution in [0.25, 0.3) is 0 Å². The molecule has 2 aliphatic rings. The number of rotatable bonds is 4. The fourth-order valence-electron chi connectivity index (χ4n) is 3.13. The quantitative estimate of drug-likeness (QED) is 0.928. The first-order valence-electron chi connectivity index (χ1n) is 7.14. The minimum absolute atomic E-state index is 0.102. The average Bonchev–Trinajstić information content (AvgIpc) is 2.77. The van der Waals surface area contributed by atoms with Crippen LogP contribution in [-0.4, -0.2) is 30.0 Å². The van der Waals surface area contributed by atoms with Gasteiger partial charge in [-0.2, -0.15) is 8.78 Å². The smallest absolute Gasteiger partial charge is 0.387 e. The first kappa shape index (κ1) is 14.3. The summed E-state index contributed by atoms with van der Waals surface area (Å²) in [5.41, 5.74) is 0.891. The largest absolute Gasteiger partial charge is 0.435 e. The molecule has 1 aromatic rings. The van der Waals surface area contributed by atoms with Crippen LogP contribution in [0.5, 0.6) is 5.75 Å². The maximum atomic E-state index is 12.1. The van der Waals surface area contributed by atoms with Crippen molar-refractivity contribution in [1.82, 2.24) is 10.2 Å². The van der Waals surface area contributed by atoms with Crippen LogP contribution in [0.3, 0.4) is 0 Å². The van der Waals surface area contributed by atoms with E-state index in [1.54, 1.807) is 12.1 Å². The van der Waals surface area contributed by atoms with Crippen molar-refractivity contribution < 1.29 is 18.3 Å². The predicted octanol–water partition coefficient (Wildman–Crippen LogP) is 2.52. The third-order valence-electron chi connectivity index (χ3n) is 4.18. The van der Waals surface area contributed by atoms with Gasteiger partial charge in [0.2, 0.25) is 5.91 Å². The molecule has 21 heavy (non-hydrogen) atoms. The van der Waals surface area contributed by atoms with Gasteiger partial charge in [-0.3, -0.25) is 10.1 Å². The highest BCUT2D eigenvalue weighted by Gasteiger charge is 2.41. The molecular formula is C15H18F2N2O2. The number of hydrogen-bond donors (Lipinski definition) is 1. The molecule has 4 nitrogen and oxygen atoms in total. The Morgan fingerprint density at radius 3 is 2.52 bits per heavy atom. The van der Waals surface area contributed by atoms with E-state index >= 15 is 0 Å². The zero-order valence-corrected chi connectivity index (χ0v) is 11.8. The van der Waals surface area contributed by atoms with Crippen molar-refractivity contribution in [2.45, 2.75) is 38.6 Å². The van der Waals surface area contributed by atoms with Gasteiger partial charge in [-0.25, -0.2) is 0 Å². The van der Waals surface area contributed by atoms with Gasteiger partial charge >= 0.3 is 6.61 Å². The highest BCUT2D eigenvalue weighted by Crippen LogP contribution is 2.37. The summed E-state index contributed by atoms with van der Waals surface area (Å²) >= 11 is 0. The lowest BCUT2D eigenvalue weighted by Crippen LogP contribution is -2.46. The molecule has 1 aliphatic heterocycles. The monoisotopic (exact) mass is 296 g/mol. The van der Waals surface area contributed by atoms with Crippen molar-refractivity contribution in [3.63, 3.8) is 0 Å². The molecule has 6 heteroatoms. The summed E-state index contributed by atoms with van der Waals surface area (Å²) in [6.07, 6.45) is 1.88. The van der Waals surface area contributed by atoms with Gasteiger partial charge in [-0.1, -0.05) is 19.1 Å². The summed E-state index contributed by atoms with van der Waals surface area (Å²) < 4.78 is 28.6.